The number of carboxylic acids is 1. The van der Waals surface area contributed by atoms with Crippen molar-refractivity contribution >= 4 is 12.0 Å². The Hall–Kier alpha value is -2.04. The van der Waals surface area contributed by atoms with E-state index in [2.05, 4.69) is 5.32 Å². The van der Waals surface area contributed by atoms with Crippen LogP contribution >= 0.6 is 0 Å². The van der Waals surface area contributed by atoms with E-state index < -0.39 is 5.97 Å². The molecule has 1 heterocycles. The molecule has 124 valence electrons. The smallest absolute Gasteiger partial charge is 0.335 e. The van der Waals surface area contributed by atoms with Gasteiger partial charge in [0.1, 0.15) is 0 Å². The topological polar surface area (TPSA) is 69.6 Å². The van der Waals surface area contributed by atoms with Gasteiger partial charge in [0.25, 0.3) is 0 Å². The van der Waals surface area contributed by atoms with Crippen molar-refractivity contribution in [3.05, 3.63) is 35.4 Å². The van der Waals surface area contributed by atoms with Crippen molar-refractivity contribution in [2.45, 2.75) is 50.5 Å². The average Bonchev–Trinajstić information content (AvgIpc) is 3.08. The van der Waals surface area contributed by atoms with Crippen molar-refractivity contribution < 1.29 is 14.7 Å². The first kappa shape index (κ1) is 15.8. The summed E-state index contributed by atoms with van der Waals surface area (Å²) >= 11 is 0. The first-order valence-corrected chi connectivity index (χ1v) is 8.52. The number of nitrogens with zero attached hydrogens (tertiary/aromatic N) is 1. The van der Waals surface area contributed by atoms with Crippen LogP contribution in [-0.2, 0) is 0 Å². The maximum Gasteiger partial charge on any atom is 0.335 e. The number of carbonyl (C=O) groups is 2. The highest BCUT2D eigenvalue weighted by molar-refractivity contribution is 5.87. The number of carboxylic acid groups (broad SMARTS) is 1. The quantitative estimate of drug-likeness (QED) is 0.899. The van der Waals surface area contributed by atoms with E-state index in [1.807, 2.05) is 17.0 Å². The monoisotopic (exact) mass is 316 g/mol. The van der Waals surface area contributed by atoms with E-state index in [1.165, 1.54) is 18.4 Å². The van der Waals surface area contributed by atoms with Gasteiger partial charge in [0.05, 0.1) is 5.56 Å². The minimum Gasteiger partial charge on any atom is -0.478 e. The maximum absolute atomic E-state index is 12.3. The molecule has 0 spiro atoms. The second-order valence-corrected chi connectivity index (χ2v) is 6.62. The van der Waals surface area contributed by atoms with Gasteiger partial charge < -0.3 is 15.3 Å². The average molecular weight is 316 g/mol. The van der Waals surface area contributed by atoms with Gasteiger partial charge in [0.15, 0.2) is 0 Å². The van der Waals surface area contributed by atoms with Crippen LogP contribution in [0.3, 0.4) is 0 Å². The summed E-state index contributed by atoms with van der Waals surface area (Å²) in [6.07, 6.45) is 6.53. The molecule has 1 aromatic carbocycles. The highest BCUT2D eigenvalue weighted by atomic mass is 16.4. The Labute approximate surface area is 136 Å². The normalized spacial score (nSPS) is 19.7. The Balaban J connectivity index is 1.51. The zero-order chi connectivity index (χ0) is 16.2. The van der Waals surface area contributed by atoms with E-state index in [0.717, 1.165) is 38.8 Å². The van der Waals surface area contributed by atoms with Crippen LogP contribution in [0.4, 0.5) is 4.79 Å². The minimum absolute atomic E-state index is 0.0802. The van der Waals surface area contributed by atoms with Gasteiger partial charge in [0, 0.05) is 19.1 Å². The number of urea groups is 1. The van der Waals surface area contributed by atoms with Gasteiger partial charge in [-0.25, -0.2) is 9.59 Å². The lowest BCUT2D eigenvalue weighted by atomic mass is 9.89. The molecule has 0 atom stereocenters. The Morgan fingerprint density at radius 3 is 2.17 bits per heavy atom. The molecular weight excluding hydrogens is 292 g/mol. The first-order chi connectivity index (χ1) is 11.1. The molecular formula is C18H24N2O3. The minimum atomic E-state index is -0.894. The summed E-state index contributed by atoms with van der Waals surface area (Å²) in [5.41, 5.74) is 1.49. The van der Waals surface area contributed by atoms with Gasteiger partial charge in [0.2, 0.25) is 0 Å². The summed E-state index contributed by atoms with van der Waals surface area (Å²) in [7, 11) is 0. The molecule has 0 aromatic heterocycles. The van der Waals surface area contributed by atoms with Gasteiger partial charge in [-0.15, -0.1) is 0 Å². The van der Waals surface area contributed by atoms with Crippen LogP contribution in [0.2, 0.25) is 0 Å². The van der Waals surface area contributed by atoms with E-state index in [4.69, 9.17) is 5.11 Å². The standard InChI is InChI=1S/C18H24N2O3/c21-17(22)15-7-5-13(6-8-15)14-9-11-20(12-10-14)18(23)19-16-3-1-2-4-16/h5-8,14,16H,1-4,9-12H2,(H,19,23)(H,21,22). The number of hydrogen-bond donors (Lipinski definition) is 2. The third-order valence-corrected chi connectivity index (χ3v) is 5.09. The number of likely N-dealkylation sites (tertiary alicyclic amines) is 1. The lowest BCUT2D eigenvalue weighted by Gasteiger charge is -2.33. The number of benzene rings is 1. The summed E-state index contributed by atoms with van der Waals surface area (Å²) in [6, 6.07) is 7.58. The fourth-order valence-corrected chi connectivity index (χ4v) is 3.65. The summed E-state index contributed by atoms with van der Waals surface area (Å²) in [5, 5.41) is 12.1. The molecule has 2 amide bonds. The van der Waals surface area contributed by atoms with Gasteiger partial charge in [-0.3, -0.25) is 0 Å². The molecule has 0 bridgehead atoms. The fourth-order valence-electron chi connectivity index (χ4n) is 3.65. The second kappa shape index (κ2) is 7.02. The second-order valence-electron chi connectivity index (χ2n) is 6.62. The van der Waals surface area contributed by atoms with Crippen molar-refractivity contribution in [2.75, 3.05) is 13.1 Å². The lowest BCUT2D eigenvalue weighted by Crippen LogP contribution is -2.47. The van der Waals surface area contributed by atoms with Crippen LogP contribution < -0.4 is 5.32 Å². The molecule has 1 aromatic rings. The molecule has 1 aliphatic heterocycles. The van der Waals surface area contributed by atoms with Crippen molar-refractivity contribution in [2.24, 2.45) is 0 Å². The van der Waals surface area contributed by atoms with Crippen LogP contribution in [0.25, 0.3) is 0 Å². The van der Waals surface area contributed by atoms with E-state index in [9.17, 15) is 9.59 Å². The molecule has 5 nitrogen and oxygen atoms in total. The van der Waals surface area contributed by atoms with Gasteiger partial charge >= 0.3 is 12.0 Å². The molecule has 5 heteroatoms. The highest BCUT2D eigenvalue weighted by Gasteiger charge is 2.26. The number of hydrogen-bond acceptors (Lipinski definition) is 2. The van der Waals surface area contributed by atoms with Crippen molar-refractivity contribution in [1.29, 1.82) is 0 Å². The molecule has 1 aliphatic carbocycles. The van der Waals surface area contributed by atoms with Crippen molar-refractivity contribution in [3.8, 4) is 0 Å². The van der Waals surface area contributed by atoms with E-state index >= 15 is 0 Å². The molecule has 3 rings (SSSR count). The molecule has 2 fully saturated rings. The number of nitrogens with one attached hydrogen (secondary N) is 1. The van der Waals surface area contributed by atoms with Crippen LogP contribution in [0.5, 0.6) is 0 Å². The predicted molar refractivity (Wildman–Crippen MR) is 87.7 cm³/mol. The molecule has 0 unspecified atom stereocenters. The maximum atomic E-state index is 12.3. The zero-order valence-electron chi connectivity index (χ0n) is 13.3. The van der Waals surface area contributed by atoms with Crippen molar-refractivity contribution in [3.63, 3.8) is 0 Å². The van der Waals surface area contributed by atoms with Crippen LogP contribution in [0.15, 0.2) is 24.3 Å². The Bertz CT molecular complexity index is 556. The molecule has 23 heavy (non-hydrogen) atoms. The Kier molecular flexibility index (Phi) is 4.84. The molecule has 0 radical (unpaired) electrons. The first-order valence-electron chi connectivity index (χ1n) is 8.52. The highest BCUT2D eigenvalue weighted by Crippen LogP contribution is 2.28. The number of amides is 2. The van der Waals surface area contributed by atoms with E-state index in [-0.39, 0.29) is 6.03 Å². The summed E-state index contributed by atoms with van der Waals surface area (Å²) in [5.74, 6) is -0.483. The van der Waals surface area contributed by atoms with Crippen LogP contribution in [0.1, 0.15) is 60.4 Å². The zero-order valence-corrected chi connectivity index (χ0v) is 13.3. The summed E-state index contributed by atoms with van der Waals surface area (Å²) in [4.78, 5) is 25.1. The van der Waals surface area contributed by atoms with Gasteiger partial charge in [-0.1, -0.05) is 25.0 Å². The Morgan fingerprint density at radius 1 is 1.00 bits per heavy atom. The number of aromatic carboxylic acids is 1. The lowest BCUT2D eigenvalue weighted by molar-refractivity contribution is 0.0696. The summed E-state index contributed by atoms with van der Waals surface area (Å²) in [6.45, 7) is 1.54. The van der Waals surface area contributed by atoms with Gasteiger partial charge in [-0.05, 0) is 49.3 Å². The van der Waals surface area contributed by atoms with E-state index in [1.54, 1.807) is 12.1 Å². The fraction of sp³-hybridized carbons (Fsp3) is 0.556. The number of rotatable bonds is 3. The van der Waals surface area contributed by atoms with E-state index in [0.29, 0.717) is 17.5 Å². The molecule has 2 N–H and O–H groups in total. The summed E-state index contributed by atoms with van der Waals surface area (Å²) < 4.78 is 0. The van der Waals surface area contributed by atoms with Crippen molar-refractivity contribution in [1.82, 2.24) is 10.2 Å². The third-order valence-electron chi connectivity index (χ3n) is 5.09. The number of piperidine rings is 1. The molecule has 1 saturated carbocycles. The molecule has 1 saturated heterocycles. The van der Waals surface area contributed by atoms with Crippen LogP contribution in [-0.4, -0.2) is 41.1 Å². The van der Waals surface area contributed by atoms with Gasteiger partial charge in [-0.2, -0.15) is 0 Å². The molecule has 2 aliphatic rings. The number of carbonyl (C=O) groups excluding carboxylic acids is 1. The third kappa shape index (κ3) is 3.84. The largest absolute Gasteiger partial charge is 0.478 e. The SMILES string of the molecule is O=C(O)c1ccc(C2CCN(C(=O)NC3CCCC3)CC2)cc1. The predicted octanol–water partition coefficient (Wildman–Crippen LogP) is 3.22. The Morgan fingerprint density at radius 2 is 1.61 bits per heavy atom. The van der Waals surface area contributed by atoms with Crippen LogP contribution in [0, 0.1) is 0 Å².